The highest BCUT2D eigenvalue weighted by Gasteiger charge is 2.41. The topological polar surface area (TPSA) is 46.6 Å². The normalized spacial score (nSPS) is 21.0. The second-order valence-electron chi connectivity index (χ2n) is 6.07. The van der Waals surface area contributed by atoms with Gasteiger partial charge in [0.05, 0.1) is 12.4 Å². The largest absolute Gasteiger partial charge is 0.497 e. The van der Waals surface area contributed by atoms with Gasteiger partial charge >= 0.3 is 0 Å². The SMILES string of the molecule is COc1ccc(SCC2CCN(S(=O)(=O)C3CC3)CC2)cc1. The Labute approximate surface area is 137 Å². The number of hydrogen-bond donors (Lipinski definition) is 0. The fourth-order valence-corrected chi connectivity index (χ4v) is 5.76. The Morgan fingerprint density at radius 3 is 2.32 bits per heavy atom. The van der Waals surface area contributed by atoms with Gasteiger partial charge in [0.25, 0.3) is 0 Å². The minimum absolute atomic E-state index is 0.0716. The zero-order valence-corrected chi connectivity index (χ0v) is 14.5. The van der Waals surface area contributed by atoms with Crippen LogP contribution in [0.2, 0.25) is 0 Å². The van der Waals surface area contributed by atoms with Gasteiger partial charge in [-0.3, -0.25) is 0 Å². The van der Waals surface area contributed by atoms with Crippen LogP contribution in [-0.2, 0) is 10.0 Å². The number of nitrogens with zero attached hydrogens (tertiary/aromatic N) is 1. The summed E-state index contributed by atoms with van der Waals surface area (Å²) >= 11 is 1.85. The van der Waals surface area contributed by atoms with Gasteiger partial charge in [-0.1, -0.05) is 0 Å². The third-order valence-electron chi connectivity index (χ3n) is 4.42. The maximum absolute atomic E-state index is 12.2. The number of benzene rings is 1. The van der Waals surface area contributed by atoms with Crippen molar-refractivity contribution < 1.29 is 13.2 Å². The van der Waals surface area contributed by atoms with Crippen LogP contribution in [0.4, 0.5) is 0 Å². The van der Waals surface area contributed by atoms with Crippen LogP contribution in [0, 0.1) is 5.92 Å². The molecule has 6 heteroatoms. The minimum atomic E-state index is -2.97. The van der Waals surface area contributed by atoms with E-state index in [2.05, 4.69) is 12.1 Å². The first-order valence-corrected chi connectivity index (χ1v) is 10.3. The van der Waals surface area contributed by atoms with Crippen LogP contribution < -0.4 is 4.74 Å². The Kier molecular flexibility index (Phi) is 5.00. The lowest BCUT2D eigenvalue weighted by Crippen LogP contribution is -2.40. The monoisotopic (exact) mass is 341 g/mol. The van der Waals surface area contributed by atoms with E-state index in [0.29, 0.717) is 19.0 Å². The maximum atomic E-state index is 12.2. The number of ether oxygens (including phenoxy) is 1. The van der Waals surface area contributed by atoms with E-state index < -0.39 is 10.0 Å². The van der Waals surface area contributed by atoms with E-state index in [1.807, 2.05) is 23.9 Å². The Morgan fingerprint density at radius 1 is 1.14 bits per heavy atom. The van der Waals surface area contributed by atoms with Crippen LogP contribution in [0.1, 0.15) is 25.7 Å². The van der Waals surface area contributed by atoms with Gasteiger partial charge in [-0.15, -0.1) is 11.8 Å². The van der Waals surface area contributed by atoms with Crippen molar-refractivity contribution in [2.75, 3.05) is 26.0 Å². The van der Waals surface area contributed by atoms with E-state index in [9.17, 15) is 8.42 Å². The Balaban J connectivity index is 1.45. The van der Waals surface area contributed by atoms with Crippen LogP contribution in [-0.4, -0.2) is 43.9 Å². The Hall–Kier alpha value is -0.720. The Bertz CT molecular complexity index is 588. The van der Waals surface area contributed by atoms with Gasteiger partial charge in [0.15, 0.2) is 0 Å². The quantitative estimate of drug-likeness (QED) is 0.746. The molecule has 0 unspecified atom stereocenters. The molecule has 1 aromatic carbocycles. The van der Waals surface area contributed by atoms with Gasteiger partial charge in [0.1, 0.15) is 5.75 Å². The predicted molar refractivity (Wildman–Crippen MR) is 90.0 cm³/mol. The molecule has 1 aliphatic heterocycles. The molecule has 22 heavy (non-hydrogen) atoms. The highest BCUT2D eigenvalue weighted by molar-refractivity contribution is 7.99. The molecule has 1 heterocycles. The molecule has 1 aromatic rings. The zero-order chi connectivity index (χ0) is 15.6. The third kappa shape index (κ3) is 3.78. The smallest absolute Gasteiger partial charge is 0.216 e. The molecule has 1 aliphatic carbocycles. The van der Waals surface area contributed by atoms with Crippen LogP contribution >= 0.6 is 11.8 Å². The molecule has 1 saturated heterocycles. The van der Waals surface area contributed by atoms with E-state index in [0.717, 1.165) is 37.2 Å². The van der Waals surface area contributed by atoms with Crippen molar-refractivity contribution in [3.05, 3.63) is 24.3 Å². The van der Waals surface area contributed by atoms with Gasteiger partial charge < -0.3 is 4.74 Å². The van der Waals surface area contributed by atoms with Crippen molar-refractivity contribution in [2.45, 2.75) is 35.8 Å². The molecule has 4 nitrogen and oxygen atoms in total. The van der Waals surface area contributed by atoms with Crippen molar-refractivity contribution in [3.63, 3.8) is 0 Å². The summed E-state index contributed by atoms with van der Waals surface area (Å²) in [6.45, 7) is 1.40. The molecule has 0 atom stereocenters. The summed E-state index contributed by atoms with van der Waals surface area (Å²) in [5.74, 6) is 2.55. The van der Waals surface area contributed by atoms with E-state index >= 15 is 0 Å². The first-order chi connectivity index (χ1) is 10.6. The van der Waals surface area contributed by atoms with Gasteiger partial charge in [0.2, 0.25) is 10.0 Å². The Morgan fingerprint density at radius 2 is 1.77 bits per heavy atom. The number of methoxy groups -OCH3 is 1. The highest BCUT2D eigenvalue weighted by Crippen LogP contribution is 2.34. The fourth-order valence-electron chi connectivity index (χ4n) is 2.79. The number of piperidine rings is 1. The second-order valence-corrected chi connectivity index (χ2v) is 9.38. The van der Waals surface area contributed by atoms with Crippen molar-refractivity contribution in [1.82, 2.24) is 4.31 Å². The lowest BCUT2D eigenvalue weighted by Gasteiger charge is -2.31. The van der Waals surface area contributed by atoms with Crippen molar-refractivity contribution in [3.8, 4) is 5.75 Å². The zero-order valence-electron chi connectivity index (χ0n) is 12.9. The first-order valence-electron chi connectivity index (χ1n) is 7.85. The number of rotatable bonds is 6. The lowest BCUT2D eigenvalue weighted by molar-refractivity contribution is 0.290. The number of sulfonamides is 1. The van der Waals surface area contributed by atoms with Crippen molar-refractivity contribution in [2.24, 2.45) is 5.92 Å². The molecule has 0 radical (unpaired) electrons. The van der Waals surface area contributed by atoms with Gasteiger partial charge in [-0.25, -0.2) is 12.7 Å². The summed E-state index contributed by atoms with van der Waals surface area (Å²) in [7, 11) is -1.30. The average molecular weight is 341 g/mol. The molecule has 3 rings (SSSR count). The fraction of sp³-hybridized carbons (Fsp3) is 0.625. The van der Waals surface area contributed by atoms with Crippen molar-refractivity contribution in [1.29, 1.82) is 0 Å². The van der Waals surface area contributed by atoms with Crippen LogP contribution in [0.3, 0.4) is 0 Å². The van der Waals surface area contributed by atoms with Gasteiger partial charge in [0, 0.05) is 23.7 Å². The third-order valence-corrected chi connectivity index (χ3v) is 8.07. The van der Waals surface area contributed by atoms with E-state index in [4.69, 9.17) is 4.74 Å². The molecule has 1 saturated carbocycles. The molecular formula is C16H23NO3S2. The van der Waals surface area contributed by atoms with Gasteiger partial charge in [-0.05, 0) is 55.9 Å². The molecular weight excluding hydrogens is 318 g/mol. The number of thioether (sulfide) groups is 1. The van der Waals surface area contributed by atoms with Crippen LogP contribution in [0.5, 0.6) is 5.75 Å². The molecule has 0 bridgehead atoms. The van der Waals surface area contributed by atoms with Crippen molar-refractivity contribution >= 4 is 21.8 Å². The molecule has 2 fully saturated rings. The summed E-state index contributed by atoms with van der Waals surface area (Å²) in [6, 6.07) is 8.12. The number of hydrogen-bond acceptors (Lipinski definition) is 4. The molecule has 2 aliphatic rings. The van der Waals surface area contributed by atoms with E-state index in [1.54, 1.807) is 11.4 Å². The maximum Gasteiger partial charge on any atom is 0.216 e. The van der Waals surface area contributed by atoms with E-state index in [-0.39, 0.29) is 5.25 Å². The summed E-state index contributed by atoms with van der Waals surface area (Å²) in [4.78, 5) is 1.24. The highest BCUT2D eigenvalue weighted by atomic mass is 32.2. The second kappa shape index (κ2) is 6.81. The lowest BCUT2D eigenvalue weighted by atomic mass is 10.0. The predicted octanol–water partition coefficient (Wildman–Crippen LogP) is 2.99. The summed E-state index contributed by atoms with van der Waals surface area (Å²) in [6.07, 6.45) is 3.68. The standard InChI is InChI=1S/C16H23NO3S2/c1-20-14-2-4-15(5-3-14)21-12-13-8-10-17(11-9-13)22(18,19)16-6-7-16/h2-5,13,16H,6-12H2,1H3. The van der Waals surface area contributed by atoms with E-state index in [1.165, 1.54) is 4.90 Å². The molecule has 0 N–H and O–H groups in total. The molecule has 0 aromatic heterocycles. The summed E-state index contributed by atoms with van der Waals surface area (Å²) in [5, 5.41) is -0.0716. The minimum Gasteiger partial charge on any atom is -0.497 e. The van der Waals surface area contributed by atoms with Crippen LogP contribution in [0.25, 0.3) is 0 Å². The van der Waals surface area contributed by atoms with Crippen LogP contribution in [0.15, 0.2) is 29.2 Å². The first kappa shape index (κ1) is 16.1. The summed E-state index contributed by atoms with van der Waals surface area (Å²) in [5.41, 5.74) is 0. The average Bonchev–Trinajstić information content (AvgIpc) is 3.39. The molecule has 0 amide bonds. The molecule has 122 valence electrons. The summed E-state index contributed by atoms with van der Waals surface area (Å²) < 4.78 is 31.3. The molecule has 0 spiro atoms. The van der Waals surface area contributed by atoms with Gasteiger partial charge in [-0.2, -0.15) is 0 Å².